The summed E-state index contributed by atoms with van der Waals surface area (Å²) < 4.78 is 10.6. The first-order valence-corrected chi connectivity index (χ1v) is 8.41. The molecule has 1 aliphatic rings. The Balaban J connectivity index is 1.76. The molecule has 2 amide bonds. The van der Waals surface area contributed by atoms with Crippen molar-refractivity contribution < 1.29 is 19.1 Å². The van der Waals surface area contributed by atoms with E-state index >= 15 is 0 Å². The van der Waals surface area contributed by atoms with Crippen molar-refractivity contribution in [2.45, 2.75) is 25.9 Å². The fraction of sp³-hybridized carbons (Fsp3) is 0.300. The van der Waals surface area contributed by atoms with Crippen LogP contribution in [-0.4, -0.2) is 32.1 Å². The number of fused-ring (bicyclic) bond motifs is 1. The predicted octanol–water partition coefficient (Wildman–Crippen LogP) is 2.30. The monoisotopic (exact) mass is 354 g/mol. The summed E-state index contributed by atoms with van der Waals surface area (Å²) in [7, 11) is 3.17. The largest absolute Gasteiger partial charge is 0.497 e. The Morgan fingerprint density at radius 1 is 1.15 bits per heavy atom. The van der Waals surface area contributed by atoms with Gasteiger partial charge in [0, 0.05) is 31.1 Å². The SMILES string of the molecule is COc1ccc(OC)c(CNC(=O)[C@@H]2Cc3ccccc3N2C(C)=O)c1. The first kappa shape index (κ1) is 17.8. The Bertz CT molecular complexity index is 834. The van der Waals surface area contributed by atoms with Gasteiger partial charge in [-0.2, -0.15) is 0 Å². The molecule has 1 aliphatic heterocycles. The van der Waals surface area contributed by atoms with Crippen molar-refractivity contribution >= 4 is 17.5 Å². The fourth-order valence-electron chi connectivity index (χ4n) is 3.31. The molecule has 0 spiro atoms. The van der Waals surface area contributed by atoms with Crippen LogP contribution < -0.4 is 19.7 Å². The molecular formula is C20H22N2O4. The first-order valence-electron chi connectivity index (χ1n) is 8.41. The van der Waals surface area contributed by atoms with Crippen molar-refractivity contribution in [3.63, 3.8) is 0 Å². The van der Waals surface area contributed by atoms with E-state index in [-0.39, 0.29) is 18.4 Å². The van der Waals surface area contributed by atoms with E-state index in [1.165, 1.54) is 6.92 Å². The van der Waals surface area contributed by atoms with Crippen LogP contribution in [0.2, 0.25) is 0 Å². The molecule has 26 heavy (non-hydrogen) atoms. The van der Waals surface area contributed by atoms with Gasteiger partial charge in [0.25, 0.3) is 0 Å². The number of methoxy groups -OCH3 is 2. The van der Waals surface area contributed by atoms with Gasteiger partial charge in [-0.05, 0) is 29.8 Å². The molecule has 0 radical (unpaired) electrons. The van der Waals surface area contributed by atoms with Crippen molar-refractivity contribution in [3.05, 3.63) is 53.6 Å². The van der Waals surface area contributed by atoms with Crippen LogP contribution in [0.5, 0.6) is 11.5 Å². The Labute approximate surface area is 152 Å². The van der Waals surface area contributed by atoms with Gasteiger partial charge in [-0.3, -0.25) is 14.5 Å². The van der Waals surface area contributed by atoms with Crippen LogP contribution in [0.4, 0.5) is 5.69 Å². The highest BCUT2D eigenvalue weighted by atomic mass is 16.5. The van der Waals surface area contributed by atoms with E-state index in [1.54, 1.807) is 31.3 Å². The minimum absolute atomic E-state index is 0.144. The van der Waals surface area contributed by atoms with Gasteiger partial charge in [0.2, 0.25) is 11.8 Å². The van der Waals surface area contributed by atoms with E-state index in [4.69, 9.17) is 9.47 Å². The lowest BCUT2D eigenvalue weighted by atomic mass is 10.1. The molecule has 0 bridgehead atoms. The van der Waals surface area contributed by atoms with Crippen LogP contribution in [0.15, 0.2) is 42.5 Å². The molecule has 0 fully saturated rings. The summed E-state index contributed by atoms with van der Waals surface area (Å²) in [6, 6.07) is 12.5. The van der Waals surface area contributed by atoms with E-state index < -0.39 is 6.04 Å². The number of ether oxygens (including phenoxy) is 2. The van der Waals surface area contributed by atoms with Gasteiger partial charge < -0.3 is 14.8 Å². The number of carbonyl (C=O) groups excluding carboxylic acids is 2. The normalized spacial score (nSPS) is 15.3. The summed E-state index contributed by atoms with van der Waals surface area (Å²) in [5, 5.41) is 2.92. The first-order chi connectivity index (χ1) is 12.5. The quantitative estimate of drug-likeness (QED) is 0.895. The minimum atomic E-state index is -0.540. The van der Waals surface area contributed by atoms with Crippen molar-refractivity contribution in [3.8, 4) is 11.5 Å². The second-order valence-corrected chi connectivity index (χ2v) is 6.13. The lowest BCUT2D eigenvalue weighted by Gasteiger charge is -2.23. The Hall–Kier alpha value is -3.02. The number of para-hydroxylation sites is 1. The maximum absolute atomic E-state index is 12.8. The topological polar surface area (TPSA) is 67.9 Å². The summed E-state index contributed by atoms with van der Waals surface area (Å²) in [5.74, 6) is 1.02. The molecule has 0 aromatic heterocycles. The molecule has 6 heteroatoms. The third-order valence-electron chi connectivity index (χ3n) is 4.56. The van der Waals surface area contributed by atoms with Crippen LogP contribution >= 0.6 is 0 Å². The third-order valence-corrected chi connectivity index (χ3v) is 4.56. The van der Waals surface area contributed by atoms with Crippen LogP contribution in [0.3, 0.4) is 0 Å². The zero-order chi connectivity index (χ0) is 18.7. The molecule has 6 nitrogen and oxygen atoms in total. The molecular weight excluding hydrogens is 332 g/mol. The molecule has 1 N–H and O–H groups in total. The third kappa shape index (κ3) is 3.35. The smallest absolute Gasteiger partial charge is 0.243 e. The van der Waals surface area contributed by atoms with Gasteiger partial charge in [0.1, 0.15) is 17.5 Å². The van der Waals surface area contributed by atoms with E-state index in [0.717, 1.165) is 16.8 Å². The predicted molar refractivity (Wildman–Crippen MR) is 98.5 cm³/mol. The fourth-order valence-corrected chi connectivity index (χ4v) is 3.31. The number of hydrogen-bond acceptors (Lipinski definition) is 4. The lowest BCUT2D eigenvalue weighted by Crippen LogP contribution is -2.47. The van der Waals surface area contributed by atoms with Gasteiger partial charge >= 0.3 is 0 Å². The molecule has 2 aromatic carbocycles. The van der Waals surface area contributed by atoms with Gasteiger partial charge in [-0.15, -0.1) is 0 Å². The summed E-state index contributed by atoms with van der Waals surface area (Å²) in [6.07, 6.45) is 0.511. The number of amides is 2. The number of benzene rings is 2. The lowest BCUT2D eigenvalue weighted by molar-refractivity contribution is -0.125. The zero-order valence-electron chi connectivity index (χ0n) is 15.1. The molecule has 3 rings (SSSR count). The Morgan fingerprint density at radius 2 is 1.92 bits per heavy atom. The van der Waals surface area contributed by atoms with Gasteiger partial charge in [0.15, 0.2) is 0 Å². The van der Waals surface area contributed by atoms with E-state index in [9.17, 15) is 9.59 Å². The van der Waals surface area contributed by atoms with E-state index in [0.29, 0.717) is 17.9 Å². The van der Waals surface area contributed by atoms with E-state index in [2.05, 4.69) is 5.32 Å². The number of anilines is 1. The minimum Gasteiger partial charge on any atom is -0.497 e. The molecule has 2 aromatic rings. The van der Waals surface area contributed by atoms with Crippen LogP contribution in [0, 0.1) is 0 Å². The second kappa shape index (κ2) is 7.47. The van der Waals surface area contributed by atoms with Crippen LogP contribution in [0.1, 0.15) is 18.1 Å². The standard InChI is InChI=1S/C20H22N2O4/c1-13(23)22-17-7-5-4-6-14(17)11-18(22)20(24)21-12-15-10-16(25-2)8-9-19(15)26-3/h4-10,18H,11-12H2,1-3H3,(H,21,24)/t18-/m0/s1. The van der Waals surface area contributed by atoms with Crippen molar-refractivity contribution in [1.29, 1.82) is 0 Å². The highest BCUT2D eigenvalue weighted by Crippen LogP contribution is 2.32. The number of nitrogens with zero attached hydrogens (tertiary/aromatic N) is 1. The molecule has 1 heterocycles. The zero-order valence-corrected chi connectivity index (χ0v) is 15.1. The second-order valence-electron chi connectivity index (χ2n) is 6.13. The highest BCUT2D eigenvalue weighted by molar-refractivity contribution is 6.02. The average Bonchev–Trinajstić information content (AvgIpc) is 3.05. The van der Waals surface area contributed by atoms with Gasteiger partial charge in [-0.25, -0.2) is 0 Å². The average molecular weight is 354 g/mol. The van der Waals surface area contributed by atoms with Gasteiger partial charge in [-0.1, -0.05) is 18.2 Å². The Kier molecular flexibility index (Phi) is 5.11. The summed E-state index contributed by atoms with van der Waals surface area (Å²) in [5.41, 5.74) is 2.62. The summed E-state index contributed by atoms with van der Waals surface area (Å²) in [4.78, 5) is 26.4. The maximum Gasteiger partial charge on any atom is 0.243 e. The van der Waals surface area contributed by atoms with Crippen molar-refractivity contribution in [1.82, 2.24) is 5.32 Å². The number of rotatable bonds is 5. The number of hydrogen-bond donors (Lipinski definition) is 1. The molecule has 0 saturated carbocycles. The van der Waals surface area contributed by atoms with Crippen molar-refractivity contribution in [2.24, 2.45) is 0 Å². The molecule has 1 atom stereocenters. The molecule has 0 unspecified atom stereocenters. The molecule has 136 valence electrons. The van der Waals surface area contributed by atoms with Gasteiger partial charge in [0.05, 0.1) is 14.2 Å². The molecule has 0 saturated heterocycles. The number of nitrogens with one attached hydrogen (secondary N) is 1. The summed E-state index contributed by atoms with van der Waals surface area (Å²) >= 11 is 0. The summed E-state index contributed by atoms with van der Waals surface area (Å²) in [6.45, 7) is 1.77. The highest BCUT2D eigenvalue weighted by Gasteiger charge is 2.36. The van der Waals surface area contributed by atoms with Crippen LogP contribution in [0.25, 0.3) is 0 Å². The maximum atomic E-state index is 12.8. The van der Waals surface area contributed by atoms with Crippen LogP contribution in [-0.2, 0) is 22.6 Å². The van der Waals surface area contributed by atoms with E-state index in [1.807, 2.05) is 30.3 Å². The Morgan fingerprint density at radius 3 is 2.62 bits per heavy atom. The number of carbonyl (C=O) groups is 2. The molecule has 0 aliphatic carbocycles. The van der Waals surface area contributed by atoms with Crippen molar-refractivity contribution in [2.75, 3.05) is 19.1 Å².